The topological polar surface area (TPSA) is 255 Å². The molecule has 49 heavy (non-hydrogen) atoms. The van der Waals surface area contributed by atoms with E-state index in [4.69, 9.17) is 28.4 Å². The van der Waals surface area contributed by atoms with Crippen LogP contribution in [0.4, 0.5) is 0 Å². The Kier molecular flexibility index (Phi) is 13.1. The van der Waals surface area contributed by atoms with E-state index in [1.54, 1.807) is 12.1 Å². The number of benzene rings is 2. The van der Waals surface area contributed by atoms with Crippen LogP contribution in [-0.2, 0) is 14.3 Å². The number of carbonyl (C=O) groups excluding carboxylic acids is 1. The quantitative estimate of drug-likeness (QED) is 0.0679. The molecular weight excluding hydrogens is 652 g/mol. The van der Waals surface area contributed by atoms with E-state index in [-0.39, 0.29) is 28.8 Å². The van der Waals surface area contributed by atoms with Crippen molar-refractivity contribution in [2.45, 2.75) is 61.4 Å². The van der Waals surface area contributed by atoms with Crippen LogP contribution in [0.2, 0.25) is 0 Å². The third kappa shape index (κ3) is 9.14. The van der Waals surface area contributed by atoms with Gasteiger partial charge in [-0.1, -0.05) is 24.3 Å². The van der Waals surface area contributed by atoms with E-state index >= 15 is 0 Å². The fraction of sp³-hybridized carbons (Fsp3) is 0.424. The highest BCUT2D eigenvalue weighted by atomic mass is 16.7. The maximum atomic E-state index is 12.5. The minimum absolute atomic E-state index is 0.114. The predicted molar refractivity (Wildman–Crippen MR) is 169 cm³/mol. The summed E-state index contributed by atoms with van der Waals surface area (Å²) in [4.78, 5) is 12.5. The first-order chi connectivity index (χ1) is 23.4. The van der Waals surface area contributed by atoms with Gasteiger partial charge in [-0.05, 0) is 47.5 Å². The lowest BCUT2D eigenvalue weighted by Crippen LogP contribution is -2.60. The average Bonchev–Trinajstić information content (AvgIpc) is 3.10. The summed E-state index contributed by atoms with van der Waals surface area (Å²) in [5.74, 6) is -0.299. The molecule has 0 aliphatic carbocycles. The Balaban J connectivity index is 1.37. The van der Waals surface area contributed by atoms with E-state index in [9.17, 15) is 50.8 Å². The Hall–Kier alpha value is -4.07. The van der Waals surface area contributed by atoms with Crippen molar-refractivity contribution in [2.24, 2.45) is 0 Å². The molecule has 9 N–H and O–H groups in total. The van der Waals surface area contributed by atoms with Crippen molar-refractivity contribution in [1.82, 2.24) is 0 Å². The maximum Gasteiger partial charge on any atom is 0.229 e. The Labute approximate surface area is 280 Å². The molecule has 16 nitrogen and oxygen atoms in total. The van der Waals surface area contributed by atoms with Crippen molar-refractivity contribution in [2.75, 3.05) is 27.4 Å². The largest absolute Gasteiger partial charge is 0.508 e. The van der Waals surface area contributed by atoms with Crippen LogP contribution in [0.25, 0.3) is 12.2 Å². The lowest BCUT2D eigenvalue weighted by molar-refractivity contribution is -0.277. The highest BCUT2D eigenvalue weighted by Gasteiger charge is 2.46. The van der Waals surface area contributed by atoms with Gasteiger partial charge in [0.2, 0.25) is 12.6 Å². The average molecular weight is 693 g/mol. The fourth-order valence-corrected chi connectivity index (χ4v) is 4.95. The molecule has 2 aliphatic heterocycles. The zero-order chi connectivity index (χ0) is 35.8. The number of ether oxygens (including phenoxy) is 6. The minimum Gasteiger partial charge on any atom is -0.508 e. The Bertz CT molecular complexity index is 1500. The van der Waals surface area contributed by atoms with E-state index < -0.39 is 80.4 Å². The SMILES string of the molecule is COc1cc(/C=C/C(=O)/C=C(O)/C=C/c2ccc(O[C@H]3O[C@H](CO)[C@@H](O)[C@H](O)[C@H]3O)c(OC)c2)ccc1O[C@H]1O[C@H](CO)[C@@H](O)[C@H](O)[C@H]1O. The zero-order valence-electron chi connectivity index (χ0n) is 26.4. The van der Waals surface area contributed by atoms with Crippen LogP contribution >= 0.6 is 0 Å². The van der Waals surface area contributed by atoms with Crippen molar-refractivity contribution in [3.05, 3.63) is 71.5 Å². The standard InChI is InChI=1S/C33H40O16/c1-44-22-11-16(5-9-20(22)46-32-30(42)28(40)26(38)24(14-34)48-32)3-7-18(36)13-19(37)8-4-17-6-10-21(23(12-17)45-2)47-33-31(43)29(41)27(39)25(15-35)49-33/h3-13,24-36,38-43H,14-15H2,1-2H3/b7-3+,8-4+,18-13-/t24-,25-,26-,27-,28+,29+,30-,31-,32+,33+/m1/s1. The van der Waals surface area contributed by atoms with Gasteiger partial charge < -0.3 is 74.4 Å². The van der Waals surface area contributed by atoms with Crippen molar-refractivity contribution < 1.29 is 79.2 Å². The molecule has 2 saturated heterocycles. The molecule has 0 saturated carbocycles. The molecule has 2 aromatic rings. The number of ketones is 1. The molecule has 268 valence electrons. The molecule has 2 heterocycles. The number of aliphatic hydroxyl groups excluding tert-OH is 9. The molecule has 0 aromatic heterocycles. The van der Waals surface area contributed by atoms with Gasteiger partial charge in [-0.3, -0.25) is 4.79 Å². The first-order valence-corrected chi connectivity index (χ1v) is 15.0. The van der Waals surface area contributed by atoms with Gasteiger partial charge in [-0.2, -0.15) is 0 Å². The van der Waals surface area contributed by atoms with Gasteiger partial charge in [-0.25, -0.2) is 0 Å². The number of methoxy groups -OCH3 is 2. The van der Waals surface area contributed by atoms with Crippen LogP contribution in [-0.4, -0.2) is 141 Å². The zero-order valence-corrected chi connectivity index (χ0v) is 26.4. The van der Waals surface area contributed by atoms with Crippen LogP contribution in [0.1, 0.15) is 11.1 Å². The van der Waals surface area contributed by atoms with Gasteiger partial charge in [0.25, 0.3) is 0 Å². The molecule has 10 atom stereocenters. The molecule has 4 rings (SSSR count). The van der Waals surface area contributed by atoms with Crippen LogP contribution < -0.4 is 18.9 Å². The van der Waals surface area contributed by atoms with Crippen LogP contribution in [0.3, 0.4) is 0 Å². The van der Waals surface area contributed by atoms with Gasteiger partial charge >= 0.3 is 0 Å². The van der Waals surface area contributed by atoms with Gasteiger partial charge in [0.15, 0.2) is 28.8 Å². The highest BCUT2D eigenvalue weighted by molar-refractivity contribution is 6.02. The summed E-state index contributed by atoms with van der Waals surface area (Å²) >= 11 is 0. The van der Waals surface area contributed by atoms with Crippen LogP contribution in [0, 0.1) is 0 Å². The Morgan fingerprint density at radius 1 is 0.653 bits per heavy atom. The van der Waals surface area contributed by atoms with Gasteiger partial charge in [0, 0.05) is 6.08 Å². The third-order valence-corrected chi connectivity index (χ3v) is 7.74. The summed E-state index contributed by atoms with van der Waals surface area (Å²) in [5, 5.41) is 89.5. The molecule has 2 fully saturated rings. The summed E-state index contributed by atoms with van der Waals surface area (Å²) in [6, 6.07) is 9.13. The lowest BCUT2D eigenvalue weighted by Gasteiger charge is -2.39. The van der Waals surface area contributed by atoms with E-state index in [1.807, 2.05) is 0 Å². The second-order valence-electron chi connectivity index (χ2n) is 11.1. The maximum absolute atomic E-state index is 12.5. The molecule has 0 unspecified atom stereocenters. The van der Waals surface area contributed by atoms with Gasteiger partial charge in [0.05, 0.1) is 27.4 Å². The van der Waals surface area contributed by atoms with Crippen molar-refractivity contribution in [3.8, 4) is 23.0 Å². The lowest BCUT2D eigenvalue weighted by atomic mass is 9.99. The summed E-state index contributed by atoms with van der Waals surface area (Å²) in [7, 11) is 2.72. The van der Waals surface area contributed by atoms with E-state index in [1.165, 1.54) is 62.8 Å². The van der Waals surface area contributed by atoms with E-state index in [0.29, 0.717) is 11.1 Å². The highest BCUT2D eigenvalue weighted by Crippen LogP contribution is 2.34. The van der Waals surface area contributed by atoms with Crippen molar-refractivity contribution >= 4 is 17.9 Å². The van der Waals surface area contributed by atoms with E-state index in [2.05, 4.69) is 0 Å². The smallest absolute Gasteiger partial charge is 0.229 e. The predicted octanol–water partition coefficient (Wildman–Crippen LogP) is -1.20. The van der Waals surface area contributed by atoms with Crippen LogP contribution in [0.5, 0.6) is 23.0 Å². The molecule has 0 bridgehead atoms. The summed E-state index contributed by atoms with van der Waals surface area (Å²) in [5.41, 5.74) is 1.03. The molecule has 2 aliphatic rings. The third-order valence-electron chi connectivity index (χ3n) is 7.74. The van der Waals surface area contributed by atoms with Crippen LogP contribution in [0.15, 0.2) is 60.4 Å². The monoisotopic (exact) mass is 692 g/mol. The van der Waals surface area contributed by atoms with Gasteiger partial charge in [-0.15, -0.1) is 0 Å². The Morgan fingerprint density at radius 2 is 1.08 bits per heavy atom. The molecule has 2 aromatic carbocycles. The first kappa shape index (κ1) is 37.7. The second kappa shape index (κ2) is 17.0. The number of carbonyl (C=O) groups is 1. The number of rotatable bonds is 13. The normalized spacial score (nSPS) is 30.8. The molecule has 0 radical (unpaired) electrons. The number of allylic oxidation sites excluding steroid dienone is 3. The summed E-state index contributed by atoms with van der Waals surface area (Å²) in [6.07, 6.45) is -8.30. The number of aliphatic hydroxyl groups is 9. The molecular formula is C33H40O16. The summed E-state index contributed by atoms with van der Waals surface area (Å²) < 4.78 is 32.7. The second-order valence-corrected chi connectivity index (χ2v) is 11.1. The fourth-order valence-electron chi connectivity index (χ4n) is 4.95. The molecule has 0 amide bonds. The molecule has 0 spiro atoms. The first-order valence-electron chi connectivity index (χ1n) is 15.0. The van der Waals surface area contributed by atoms with Crippen molar-refractivity contribution in [1.29, 1.82) is 0 Å². The Morgan fingerprint density at radius 3 is 1.49 bits per heavy atom. The van der Waals surface area contributed by atoms with Crippen molar-refractivity contribution in [3.63, 3.8) is 0 Å². The number of hydrogen-bond donors (Lipinski definition) is 9. The summed E-state index contributed by atoms with van der Waals surface area (Å²) in [6.45, 7) is -1.23. The molecule has 16 heteroatoms. The minimum atomic E-state index is -1.62. The van der Waals surface area contributed by atoms with E-state index in [0.717, 1.165) is 6.08 Å². The van der Waals surface area contributed by atoms with Gasteiger partial charge in [0.1, 0.15) is 54.6 Å². The number of hydrogen-bond acceptors (Lipinski definition) is 16.